The molecule has 1 atom stereocenters. The average Bonchev–Trinajstić information content (AvgIpc) is 3.25. The molecule has 1 fully saturated rings. The zero-order valence-electron chi connectivity index (χ0n) is 13.8. The van der Waals surface area contributed by atoms with Gasteiger partial charge in [-0.3, -0.25) is 4.79 Å². The number of allylic oxidation sites excluding steroid dienone is 1. The average molecular weight is 357 g/mol. The predicted molar refractivity (Wildman–Crippen MR) is 99.4 cm³/mol. The lowest BCUT2D eigenvalue weighted by molar-refractivity contribution is -0.119. The normalized spacial score (nSPS) is 17.0. The quantitative estimate of drug-likeness (QED) is 0.685. The maximum atomic E-state index is 12.4. The van der Waals surface area contributed by atoms with E-state index in [1.807, 2.05) is 13.0 Å². The summed E-state index contributed by atoms with van der Waals surface area (Å²) in [7, 11) is 0. The molecule has 1 aliphatic heterocycles. The van der Waals surface area contributed by atoms with Gasteiger partial charge >= 0.3 is 0 Å². The van der Waals surface area contributed by atoms with Crippen LogP contribution >= 0.6 is 11.3 Å². The lowest BCUT2D eigenvalue weighted by Gasteiger charge is -2.17. The van der Waals surface area contributed by atoms with Crippen molar-refractivity contribution < 1.29 is 4.79 Å². The fourth-order valence-electron chi connectivity index (χ4n) is 2.58. The maximum Gasteiger partial charge on any atom is 0.231 e. The number of anilines is 3. The molecule has 25 heavy (non-hydrogen) atoms. The van der Waals surface area contributed by atoms with Crippen molar-refractivity contribution >= 4 is 40.2 Å². The first-order valence-electron chi connectivity index (χ1n) is 7.88. The molecule has 1 unspecified atom stereocenters. The van der Waals surface area contributed by atoms with Gasteiger partial charge < -0.3 is 20.9 Å². The highest BCUT2D eigenvalue weighted by molar-refractivity contribution is 7.15. The van der Waals surface area contributed by atoms with E-state index < -0.39 is 0 Å². The first kappa shape index (κ1) is 17.0. The molecule has 0 bridgehead atoms. The molecule has 0 aromatic carbocycles. The van der Waals surface area contributed by atoms with Crippen LogP contribution in [0.1, 0.15) is 11.3 Å². The minimum Gasteiger partial charge on any atom is -0.356 e. The highest BCUT2D eigenvalue weighted by atomic mass is 32.1. The third-order valence-corrected chi connectivity index (χ3v) is 4.64. The van der Waals surface area contributed by atoms with Gasteiger partial charge in [0, 0.05) is 42.6 Å². The second-order valence-electron chi connectivity index (χ2n) is 5.63. The number of thiazole rings is 1. The standard InChI is InChI=1S/C16H19N7OS/c1-11-8-19-16(25-11)22-15(24)12-3-6-23(9-12)14-7-13(20-10-21-14)18-5-2-4-17/h2,4-5,7-8,10,12,17H,3,6,9H2,1H3,(H,18,20,21)(H,19,22,24)/b5-2-,17-4?. The fraction of sp³-hybridized carbons (Fsp3) is 0.312. The van der Waals surface area contributed by atoms with E-state index in [1.165, 1.54) is 23.9 Å². The van der Waals surface area contributed by atoms with E-state index in [2.05, 4.69) is 30.5 Å². The number of hydrogen-bond acceptors (Lipinski definition) is 8. The zero-order valence-corrected chi connectivity index (χ0v) is 14.6. The highest BCUT2D eigenvalue weighted by Crippen LogP contribution is 2.25. The van der Waals surface area contributed by atoms with Crippen molar-refractivity contribution in [3.05, 3.63) is 35.7 Å². The van der Waals surface area contributed by atoms with Crippen LogP contribution in [0.5, 0.6) is 0 Å². The summed E-state index contributed by atoms with van der Waals surface area (Å²) in [5.74, 6) is 1.34. The zero-order chi connectivity index (χ0) is 17.6. The summed E-state index contributed by atoms with van der Waals surface area (Å²) in [5.41, 5.74) is 0. The molecule has 3 rings (SSSR count). The Balaban J connectivity index is 1.60. The Hall–Kier alpha value is -2.81. The maximum absolute atomic E-state index is 12.4. The van der Waals surface area contributed by atoms with E-state index in [4.69, 9.17) is 5.41 Å². The van der Waals surface area contributed by atoms with Gasteiger partial charge in [-0.05, 0) is 19.4 Å². The highest BCUT2D eigenvalue weighted by Gasteiger charge is 2.29. The second kappa shape index (κ2) is 7.84. The predicted octanol–water partition coefficient (Wildman–Crippen LogP) is 2.28. The number of carbonyl (C=O) groups excluding carboxylic acids is 1. The van der Waals surface area contributed by atoms with Crippen LogP contribution in [-0.2, 0) is 4.79 Å². The molecule has 2 aromatic rings. The molecule has 1 saturated heterocycles. The van der Waals surface area contributed by atoms with Crippen LogP contribution in [0.4, 0.5) is 16.8 Å². The van der Waals surface area contributed by atoms with Gasteiger partial charge in [0.25, 0.3) is 0 Å². The number of amides is 1. The van der Waals surface area contributed by atoms with Crippen molar-refractivity contribution in [1.82, 2.24) is 15.0 Å². The Kier molecular flexibility index (Phi) is 5.34. The van der Waals surface area contributed by atoms with E-state index in [1.54, 1.807) is 18.5 Å². The minimum absolute atomic E-state index is 0.00169. The SMILES string of the molecule is Cc1cnc(NC(=O)C2CCN(c3cc(N/C=C\C=N)ncn3)C2)s1. The molecule has 2 aromatic heterocycles. The van der Waals surface area contributed by atoms with Crippen molar-refractivity contribution in [3.8, 4) is 0 Å². The molecule has 3 N–H and O–H groups in total. The number of rotatable bonds is 6. The number of nitrogens with zero attached hydrogens (tertiary/aromatic N) is 4. The summed E-state index contributed by atoms with van der Waals surface area (Å²) in [6.45, 7) is 3.34. The van der Waals surface area contributed by atoms with Crippen molar-refractivity contribution in [2.24, 2.45) is 5.92 Å². The van der Waals surface area contributed by atoms with E-state index >= 15 is 0 Å². The van der Waals surface area contributed by atoms with Gasteiger partial charge in [0.05, 0.1) is 5.92 Å². The smallest absolute Gasteiger partial charge is 0.231 e. The number of aryl methyl sites for hydroxylation is 1. The van der Waals surface area contributed by atoms with Crippen LogP contribution in [-0.4, -0.2) is 40.2 Å². The summed E-state index contributed by atoms with van der Waals surface area (Å²) < 4.78 is 0. The van der Waals surface area contributed by atoms with Crippen LogP contribution in [0.2, 0.25) is 0 Å². The third kappa shape index (κ3) is 4.38. The van der Waals surface area contributed by atoms with E-state index in [0.717, 1.165) is 23.7 Å². The van der Waals surface area contributed by atoms with Gasteiger partial charge in [-0.2, -0.15) is 0 Å². The number of carbonyl (C=O) groups is 1. The monoisotopic (exact) mass is 357 g/mol. The Bertz CT molecular complexity index is 788. The molecule has 0 saturated carbocycles. The largest absolute Gasteiger partial charge is 0.356 e. The second-order valence-corrected chi connectivity index (χ2v) is 6.86. The molecule has 0 spiro atoms. The topological polar surface area (TPSA) is 107 Å². The van der Waals surface area contributed by atoms with E-state index in [0.29, 0.717) is 17.5 Å². The van der Waals surface area contributed by atoms with Gasteiger partial charge in [-0.25, -0.2) is 15.0 Å². The Morgan fingerprint density at radius 1 is 1.44 bits per heavy atom. The van der Waals surface area contributed by atoms with Gasteiger partial charge in [-0.1, -0.05) is 0 Å². The van der Waals surface area contributed by atoms with Crippen LogP contribution in [0.25, 0.3) is 0 Å². The number of nitrogens with one attached hydrogen (secondary N) is 3. The lowest BCUT2D eigenvalue weighted by atomic mass is 10.1. The van der Waals surface area contributed by atoms with Crippen LogP contribution < -0.4 is 15.5 Å². The van der Waals surface area contributed by atoms with Crippen molar-refractivity contribution in [1.29, 1.82) is 5.41 Å². The van der Waals surface area contributed by atoms with Gasteiger partial charge in [0.2, 0.25) is 5.91 Å². The fourth-order valence-corrected chi connectivity index (χ4v) is 3.25. The van der Waals surface area contributed by atoms with Gasteiger partial charge in [0.15, 0.2) is 5.13 Å². The summed E-state index contributed by atoms with van der Waals surface area (Å²) in [6.07, 6.45) is 8.40. The molecular weight excluding hydrogens is 338 g/mol. The van der Waals surface area contributed by atoms with Crippen molar-refractivity contribution in [3.63, 3.8) is 0 Å². The Morgan fingerprint density at radius 3 is 3.08 bits per heavy atom. The third-order valence-electron chi connectivity index (χ3n) is 3.81. The molecule has 9 heteroatoms. The van der Waals surface area contributed by atoms with Crippen molar-refractivity contribution in [2.45, 2.75) is 13.3 Å². The summed E-state index contributed by atoms with van der Waals surface area (Å²) in [4.78, 5) is 28.1. The molecule has 0 aliphatic carbocycles. The molecule has 0 radical (unpaired) electrons. The van der Waals surface area contributed by atoms with Crippen LogP contribution in [0, 0.1) is 18.3 Å². The van der Waals surface area contributed by atoms with E-state index in [-0.39, 0.29) is 11.8 Å². The van der Waals surface area contributed by atoms with Gasteiger partial charge in [0.1, 0.15) is 18.0 Å². The molecule has 130 valence electrons. The first-order chi connectivity index (χ1) is 12.2. The molecule has 3 heterocycles. The minimum atomic E-state index is -0.0895. The van der Waals surface area contributed by atoms with Crippen LogP contribution in [0.3, 0.4) is 0 Å². The first-order valence-corrected chi connectivity index (χ1v) is 8.70. The van der Waals surface area contributed by atoms with Crippen molar-refractivity contribution in [2.75, 3.05) is 28.6 Å². The van der Waals surface area contributed by atoms with Crippen LogP contribution in [0.15, 0.2) is 30.9 Å². The molecular formula is C16H19N7OS. The Morgan fingerprint density at radius 2 is 2.32 bits per heavy atom. The molecule has 1 amide bonds. The van der Waals surface area contributed by atoms with E-state index in [9.17, 15) is 4.79 Å². The summed E-state index contributed by atoms with van der Waals surface area (Å²) in [5, 5.41) is 13.5. The van der Waals surface area contributed by atoms with Gasteiger partial charge in [-0.15, -0.1) is 11.3 Å². The Labute approximate surface area is 149 Å². The summed E-state index contributed by atoms with van der Waals surface area (Å²) >= 11 is 1.48. The summed E-state index contributed by atoms with van der Waals surface area (Å²) in [6, 6.07) is 1.83. The number of aromatic nitrogens is 3. The lowest BCUT2D eigenvalue weighted by Crippen LogP contribution is -2.27. The number of hydrogen-bond donors (Lipinski definition) is 3. The molecule has 8 nitrogen and oxygen atoms in total. The molecule has 1 aliphatic rings.